The standard InChI is InChI=1S/C17H17NO4S/c1-4-21-16-10-14(11-18)6-7-15(16)22-23(19,20)17-8-5-12(2)9-13(17)3/h5-10H,4H2,1-3H3. The van der Waals surface area contributed by atoms with Gasteiger partial charge < -0.3 is 8.92 Å². The number of ether oxygens (including phenoxy) is 1. The monoisotopic (exact) mass is 331 g/mol. The van der Waals surface area contributed by atoms with Crippen LogP contribution in [0, 0.1) is 25.2 Å². The molecule has 0 aromatic heterocycles. The van der Waals surface area contributed by atoms with Gasteiger partial charge in [0.05, 0.1) is 18.2 Å². The van der Waals surface area contributed by atoms with Crippen LogP contribution in [0.2, 0.25) is 0 Å². The highest BCUT2D eigenvalue weighted by atomic mass is 32.2. The number of nitriles is 1. The molecule has 0 aliphatic carbocycles. The molecule has 0 saturated heterocycles. The van der Waals surface area contributed by atoms with Gasteiger partial charge in [0.1, 0.15) is 4.90 Å². The Labute approximate surface area is 136 Å². The quantitative estimate of drug-likeness (QED) is 0.785. The number of benzene rings is 2. The van der Waals surface area contributed by atoms with E-state index in [1.54, 1.807) is 26.0 Å². The highest BCUT2D eigenvalue weighted by molar-refractivity contribution is 7.87. The van der Waals surface area contributed by atoms with Crippen LogP contribution in [0.5, 0.6) is 11.5 Å². The molecule has 2 aromatic carbocycles. The molecule has 2 rings (SSSR count). The average molecular weight is 331 g/mol. The van der Waals surface area contributed by atoms with Crippen LogP contribution in [0.25, 0.3) is 0 Å². The van der Waals surface area contributed by atoms with Crippen molar-refractivity contribution in [2.24, 2.45) is 0 Å². The van der Waals surface area contributed by atoms with Crippen LogP contribution < -0.4 is 8.92 Å². The second-order valence-electron chi connectivity index (χ2n) is 5.01. The molecule has 0 heterocycles. The molecule has 0 unspecified atom stereocenters. The summed E-state index contributed by atoms with van der Waals surface area (Å²) in [6.45, 7) is 5.69. The Morgan fingerprint density at radius 2 is 1.83 bits per heavy atom. The number of nitrogens with zero attached hydrogens (tertiary/aromatic N) is 1. The van der Waals surface area contributed by atoms with Crippen LogP contribution in [-0.4, -0.2) is 15.0 Å². The van der Waals surface area contributed by atoms with E-state index in [-0.39, 0.29) is 16.4 Å². The number of hydrogen-bond donors (Lipinski definition) is 0. The Kier molecular flexibility index (Phi) is 4.92. The van der Waals surface area contributed by atoms with Crippen molar-refractivity contribution in [3.05, 3.63) is 53.1 Å². The molecular weight excluding hydrogens is 314 g/mol. The number of aryl methyl sites for hydroxylation is 2. The summed E-state index contributed by atoms with van der Waals surface area (Å²) in [6, 6.07) is 11.3. The van der Waals surface area contributed by atoms with Gasteiger partial charge in [0.2, 0.25) is 0 Å². The molecule has 0 aliphatic rings. The van der Waals surface area contributed by atoms with E-state index in [2.05, 4.69) is 0 Å². The van der Waals surface area contributed by atoms with Gasteiger partial charge in [-0.05, 0) is 44.5 Å². The number of rotatable bonds is 5. The first-order valence-electron chi connectivity index (χ1n) is 7.06. The molecule has 0 bridgehead atoms. The summed E-state index contributed by atoms with van der Waals surface area (Å²) in [4.78, 5) is 0.106. The van der Waals surface area contributed by atoms with Crippen LogP contribution in [0.1, 0.15) is 23.6 Å². The molecule has 120 valence electrons. The number of hydrogen-bond acceptors (Lipinski definition) is 5. The molecular formula is C17H17NO4S. The first kappa shape index (κ1) is 16.8. The van der Waals surface area contributed by atoms with Crippen molar-refractivity contribution in [3.63, 3.8) is 0 Å². The molecule has 23 heavy (non-hydrogen) atoms. The van der Waals surface area contributed by atoms with Crippen molar-refractivity contribution >= 4 is 10.1 Å². The predicted molar refractivity (Wildman–Crippen MR) is 86.1 cm³/mol. The van der Waals surface area contributed by atoms with Gasteiger partial charge in [-0.2, -0.15) is 13.7 Å². The van der Waals surface area contributed by atoms with Gasteiger partial charge >= 0.3 is 10.1 Å². The molecule has 0 fully saturated rings. The maximum Gasteiger partial charge on any atom is 0.339 e. The molecule has 0 radical (unpaired) electrons. The van der Waals surface area contributed by atoms with Crippen LogP contribution in [0.3, 0.4) is 0 Å². The fourth-order valence-electron chi connectivity index (χ4n) is 2.16. The van der Waals surface area contributed by atoms with E-state index in [1.165, 1.54) is 24.3 Å². The van der Waals surface area contributed by atoms with Gasteiger partial charge in [0, 0.05) is 6.07 Å². The van der Waals surface area contributed by atoms with Crippen molar-refractivity contribution in [1.82, 2.24) is 0 Å². The maximum atomic E-state index is 12.5. The fourth-order valence-corrected chi connectivity index (χ4v) is 3.31. The third-order valence-corrected chi connectivity index (χ3v) is 4.57. The normalized spacial score (nSPS) is 10.9. The lowest BCUT2D eigenvalue weighted by atomic mass is 10.2. The molecule has 0 amide bonds. The molecule has 0 saturated carbocycles. The molecule has 6 heteroatoms. The third kappa shape index (κ3) is 3.82. The Morgan fingerprint density at radius 3 is 2.43 bits per heavy atom. The highest BCUT2D eigenvalue weighted by Gasteiger charge is 2.21. The van der Waals surface area contributed by atoms with E-state index in [0.717, 1.165) is 5.56 Å². The Balaban J connectivity index is 2.43. The zero-order valence-corrected chi connectivity index (χ0v) is 14.0. The van der Waals surface area contributed by atoms with Gasteiger partial charge in [0.15, 0.2) is 11.5 Å². The molecule has 0 aliphatic heterocycles. The first-order chi connectivity index (χ1) is 10.9. The summed E-state index contributed by atoms with van der Waals surface area (Å²) in [5.74, 6) is 0.283. The summed E-state index contributed by atoms with van der Waals surface area (Å²) < 4.78 is 35.6. The summed E-state index contributed by atoms with van der Waals surface area (Å²) in [5.41, 5.74) is 1.94. The van der Waals surface area contributed by atoms with Crippen LogP contribution in [-0.2, 0) is 10.1 Å². The van der Waals surface area contributed by atoms with E-state index in [9.17, 15) is 8.42 Å². The van der Waals surface area contributed by atoms with E-state index < -0.39 is 10.1 Å². The topological polar surface area (TPSA) is 76.4 Å². The summed E-state index contributed by atoms with van der Waals surface area (Å²) in [6.07, 6.45) is 0. The predicted octanol–water partition coefficient (Wildman–Crippen LogP) is 3.34. The van der Waals surface area contributed by atoms with Gasteiger partial charge in [-0.1, -0.05) is 17.7 Å². The van der Waals surface area contributed by atoms with Crippen LogP contribution in [0.15, 0.2) is 41.3 Å². The minimum absolute atomic E-state index is 0.0609. The second kappa shape index (κ2) is 6.71. The Morgan fingerprint density at radius 1 is 1.09 bits per heavy atom. The van der Waals surface area contributed by atoms with E-state index >= 15 is 0 Å². The van der Waals surface area contributed by atoms with E-state index in [1.807, 2.05) is 13.0 Å². The Hall–Kier alpha value is -2.52. The second-order valence-corrected chi connectivity index (χ2v) is 6.53. The largest absolute Gasteiger partial charge is 0.490 e. The molecule has 5 nitrogen and oxygen atoms in total. The zero-order valence-electron chi connectivity index (χ0n) is 13.2. The summed E-state index contributed by atoms with van der Waals surface area (Å²) in [5, 5.41) is 8.93. The Bertz CT molecular complexity index is 867. The van der Waals surface area contributed by atoms with Crippen molar-refractivity contribution < 1.29 is 17.3 Å². The van der Waals surface area contributed by atoms with Crippen LogP contribution >= 0.6 is 0 Å². The van der Waals surface area contributed by atoms with E-state index in [0.29, 0.717) is 17.7 Å². The molecule has 2 aromatic rings. The lowest BCUT2D eigenvalue weighted by Crippen LogP contribution is -2.12. The van der Waals surface area contributed by atoms with E-state index in [4.69, 9.17) is 14.2 Å². The summed E-state index contributed by atoms with van der Waals surface area (Å²) in [7, 11) is -3.98. The average Bonchev–Trinajstić information content (AvgIpc) is 2.48. The van der Waals surface area contributed by atoms with Gasteiger partial charge in [-0.25, -0.2) is 0 Å². The SMILES string of the molecule is CCOc1cc(C#N)ccc1OS(=O)(=O)c1ccc(C)cc1C. The maximum absolute atomic E-state index is 12.5. The third-order valence-electron chi connectivity index (χ3n) is 3.17. The minimum atomic E-state index is -3.98. The smallest absolute Gasteiger partial charge is 0.339 e. The van der Waals surface area contributed by atoms with Crippen LogP contribution in [0.4, 0.5) is 0 Å². The van der Waals surface area contributed by atoms with Gasteiger partial charge in [-0.15, -0.1) is 0 Å². The lowest BCUT2D eigenvalue weighted by molar-refractivity contribution is 0.327. The van der Waals surface area contributed by atoms with Gasteiger partial charge in [-0.3, -0.25) is 0 Å². The molecule has 0 atom stereocenters. The minimum Gasteiger partial charge on any atom is -0.490 e. The molecule has 0 N–H and O–H groups in total. The van der Waals surface area contributed by atoms with Crippen molar-refractivity contribution in [2.75, 3.05) is 6.61 Å². The van der Waals surface area contributed by atoms with Crippen molar-refractivity contribution in [2.45, 2.75) is 25.7 Å². The molecule has 0 spiro atoms. The van der Waals surface area contributed by atoms with Gasteiger partial charge in [0.25, 0.3) is 0 Å². The first-order valence-corrected chi connectivity index (χ1v) is 8.47. The van der Waals surface area contributed by atoms with Crippen molar-refractivity contribution in [3.8, 4) is 17.6 Å². The van der Waals surface area contributed by atoms with Crippen molar-refractivity contribution in [1.29, 1.82) is 5.26 Å². The lowest BCUT2D eigenvalue weighted by Gasteiger charge is -2.13. The fraction of sp³-hybridized carbons (Fsp3) is 0.235. The summed E-state index contributed by atoms with van der Waals surface area (Å²) >= 11 is 0. The highest BCUT2D eigenvalue weighted by Crippen LogP contribution is 2.31. The zero-order chi connectivity index (χ0) is 17.0.